The Morgan fingerprint density at radius 1 is 1.16 bits per heavy atom. The molecule has 0 unspecified atom stereocenters. The fraction of sp³-hybridized carbons (Fsp3) is 0.385. The molecular formula is C13H12N2O4. The molecule has 4 amide bonds. The first-order valence-electron chi connectivity index (χ1n) is 6.10. The van der Waals surface area contributed by atoms with Crippen molar-refractivity contribution in [1.82, 2.24) is 9.80 Å². The molecule has 0 radical (unpaired) electrons. The van der Waals surface area contributed by atoms with Crippen LogP contribution in [-0.4, -0.2) is 47.0 Å². The molecular weight excluding hydrogens is 248 g/mol. The van der Waals surface area contributed by atoms with Gasteiger partial charge in [-0.1, -0.05) is 0 Å². The molecule has 1 fully saturated rings. The summed E-state index contributed by atoms with van der Waals surface area (Å²) in [6.45, 7) is 2.02. The summed E-state index contributed by atoms with van der Waals surface area (Å²) in [7, 11) is 1.40. The summed E-state index contributed by atoms with van der Waals surface area (Å²) in [5, 5.41) is 0. The number of nitrogens with zero attached hydrogens (tertiary/aromatic N) is 2. The van der Waals surface area contributed by atoms with Gasteiger partial charge in [-0.2, -0.15) is 0 Å². The lowest BCUT2D eigenvalue weighted by molar-refractivity contribution is -0.138. The fourth-order valence-corrected chi connectivity index (χ4v) is 2.81. The average molecular weight is 260 g/mol. The van der Waals surface area contributed by atoms with Crippen LogP contribution in [0, 0.1) is 5.92 Å². The topological polar surface area (TPSA) is 74.8 Å². The number of rotatable bonds is 1. The van der Waals surface area contributed by atoms with Crippen LogP contribution in [0.15, 0.2) is 22.8 Å². The fourth-order valence-electron chi connectivity index (χ4n) is 2.81. The van der Waals surface area contributed by atoms with Gasteiger partial charge in [0, 0.05) is 30.3 Å². The molecule has 2 heterocycles. The van der Waals surface area contributed by atoms with Crippen LogP contribution >= 0.6 is 0 Å². The van der Waals surface area contributed by atoms with Gasteiger partial charge in [0.1, 0.15) is 0 Å². The largest absolute Gasteiger partial charge is 0.279 e. The minimum absolute atomic E-state index is 0.150. The lowest BCUT2D eigenvalue weighted by atomic mass is 9.85. The van der Waals surface area contributed by atoms with Crippen molar-refractivity contribution < 1.29 is 19.2 Å². The minimum atomic E-state index is -0.602. The van der Waals surface area contributed by atoms with E-state index in [1.807, 2.05) is 0 Å². The second-order valence-corrected chi connectivity index (χ2v) is 4.81. The van der Waals surface area contributed by atoms with Crippen molar-refractivity contribution in [3.63, 3.8) is 0 Å². The number of carbonyl (C=O) groups excluding carboxylic acids is 4. The Labute approximate surface area is 109 Å². The first kappa shape index (κ1) is 11.8. The first-order chi connectivity index (χ1) is 8.97. The number of imide groups is 2. The molecule has 3 rings (SSSR count). The molecule has 6 nitrogen and oxygen atoms in total. The third-order valence-electron chi connectivity index (χ3n) is 3.88. The monoisotopic (exact) mass is 260 g/mol. The summed E-state index contributed by atoms with van der Waals surface area (Å²) in [5.74, 6) is -2.00. The van der Waals surface area contributed by atoms with Crippen molar-refractivity contribution in [3.8, 4) is 0 Å². The van der Waals surface area contributed by atoms with Gasteiger partial charge in [-0.15, -0.1) is 0 Å². The zero-order valence-electron chi connectivity index (χ0n) is 10.6. The van der Waals surface area contributed by atoms with E-state index >= 15 is 0 Å². The third kappa shape index (κ3) is 1.31. The molecule has 0 spiro atoms. The highest BCUT2D eigenvalue weighted by Crippen LogP contribution is 2.39. The molecule has 0 saturated carbocycles. The van der Waals surface area contributed by atoms with Crippen LogP contribution in [0.2, 0.25) is 0 Å². The van der Waals surface area contributed by atoms with Gasteiger partial charge in [0.05, 0.1) is 5.92 Å². The Kier molecular flexibility index (Phi) is 2.26. The lowest BCUT2D eigenvalue weighted by Crippen LogP contribution is -2.31. The quantitative estimate of drug-likeness (QED) is 0.602. The van der Waals surface area contributed by atoms with Crippen LogP contribution in [0.4, 0.5) is 0 Å². The molecule has 3 aliphatic rings. The highest BCUT2D eigenvalue weighted by molar-refractivity contribution is 6.24. The highest BCUT2D eigenvalue weighted by atomic mass is 16.2. The van der Waals surface area contributed by atoms with E-state index in [-0.39, 0.29) is 29.7 Å². The van der Waals surface area contributed by atoms with E-state index in [9.17, 15) is 19.2 Å². The maximum Gasteiger partial charge on any atom is 0.260 e. The standard InChI is InChI=1S/C13H12N2O4/c1-3-15-12(18)8-4-6-7(5-9(8)13(15)19)11(17)14(2)10(6)16/h4,9H,3,5H2,1-2H3/t9-/m1/s1. The molecule has 1 aliphatic carbocycles. The van der Waals surface area contributed by atoms with Gasteiger partial charge >= 0.3 is 0 Å². The Morgan fingerprint density at radius 3 is 2.47 bits per heavy atom. The summed E-state index contributed by atoms with van der Waals surface area (Å²) in [4.78, 5) is 50.1. The minimum Gasteiger partial charge on any atom is -0.279 e. The Balaban J connectivity index is 2.08. The van der Waals surface area contributed by atoms with Crippen LogP contribution in [0.1, 0.15) is 13.3 Å². The van der Waals surface area contributed by atoms with E-state index in [2.05, 4.69) is 0 Å². The molecule has 6 heteroatoms. The van der Waals surface area contributed by atoms with E-state index in [4.69, 9.17) is 0 Å². The predicted octanol–water partition coefficient (Wildman–Crippen LogP) is -0.383. The molecule has 19 heavy (non-hydrogen) atoms. The van der Waals surface area contributed by atoms with Crippen LogP contribution in [0.5, 0.6) is 0 Å². The first-order valence-corrected chi connectivity index (χ1v) is 6.10. The van der Waals surface area contributed by atoms with Crippen molar-refractivity contribution in [2.45, 2.75) is 13.3 Å². The molecule has 0 aromatic heterocycles. The molecule has 1 saturated heterocycles. The van der Waals surface area contributed by atoms with Crippen LogP contribution in [0.25, 0.3) is 0 Å². The second kappa shape index (κ2) is 3.63. The van der Waals surface area contributed by atoms with Gasteiger partial charge in [-0.3, -0.25) is 29.0 Å². The normalized spacial score (nSPS) is 26.2. The molecule has 0 bridgehead atoms. The maximum atomic E-state index is 12.1. The molecule has 98 valence electrons. The van der Waals surface area contributed by atoms with Crippen molar-refractivity contribution in [2.75, 3.05) is 13.6 Å². The molecule has 1 atom stereocenters. The van der Waals surface area contributed by atoms with E-state index in [1.165, 1.54) is 13.1 Å². The highest BCUT2D eigenvalue weighted by Gasteiger charge is 2.48. The molecule has 0 aromatic rings. The third-order valence-corrected chi connectivity index (χ3v) is 3.88. The number of likely N-dealkylation sites (tertiary alicyclic amines) is 1. The van der Waals surface area contributed by atoms with E-state index in [1.54, 1.807) is 6.92 Å². The van der Waals surface area contributed by atoms with Crippen LogP contribution in [-0.2, 0) is 19.2 Å². The van der Waals surface area contributed by atoms with E-state index in [0.717, 1.165) is 9.80 Å². The van der Waals surface area contributed by atoms with Gasteiger partial charge in [-0.05, 0) is 19.4 Å². The maximum absolute atomic E-state index is 12.1. The number of hydrogen-bond donors (Lipinski definition) is 0. The molecule has 0 aromatic carbocycles. The van der Waals surface area contributed by atoms with Gasteiger partial charge in [0.15, 0.2) is 0 Å². The van der Waals surface area contributed by atoms with Gasteiger partial charge in [0.25, 0.3) is 17.7 Å². The van der Waals surface area contributed by atoms with Crippen molar-refractivity contribution in [2.24, 2.45) is 5.92 Å². The summed E-state index contributed by atoms with van der Waals surface area (Å²) in [6, 6.07) is 0. The van der Waals surface area contributed by atoms with Gasteiger partial charge in [0.2, 0.25) is 5.91 Å². The van der Waals surface area contributed by atoms with Crippen molar-refractivity contribution in [3.05, 3.63) is 22.8 Å². The summed E-state index contributed by atoms with van der Waals surface area (Å²) < 4.78 is 0. The van der Waals surface area contributed by atoms with Crippen LogP contribution < -0.4 is 0 Å². The molecule has 0 N–H and O–H groups in total. The van der Waals surface area contributed by atoms with Crippen molar-refractivity contribution >= 4 is 23.6 Å². The zero-order valence-corrected chi connectivity index (χ0v) is 10.6. The van der Waals surface area contributed by atoms with Gasteiger partial charge < -0.3 is 0 Å². The summed E-state index contributed by atoms with van der Waals surface area (Å²) >= 11 is 0. The summed E-state index contributed by atoms with van der Waals surface area (Å²) in [5.41, 5.74) is 0.945. The number of amides is 4. The van der Waals surface area contributed by atoms with Crippen LogP contribution in [0.3, 0.4) is 0 Å². The Bertz CT molecular complexity index is 614. The Morgan fingerprint density at radius 2 is 1.84 bits per heavy atom. The Hall–Kier alpha value is -2.24. The van der Waals surface area contributed by atoms with E-state index in [0.29, 0.717) is 17.7 Å². The number of hydrogen-bond acceptors (Lipinski definition) is 4. The second-order valence-electron chi connectivity index (χ2n) is 4.81. The predicted molar refractivity (Wildman–Crippen MR) is 63.4 cm³/mol. The molecule has 2 aliphatic heterocycles. The van der Waals surface area contributed by atoms with E-state index < -0.39 is 11.8 Å². The lowest BCUT2D eigenvalue weighted by Gasteiger charge is -2.13. The average Bonchev–Trinajstić information content (AvgIpc) is 2.77. The smallest absolute Gasteiger partial charge is 0.260 e. The number of carbonyl (C=O) groups is 4. The number of fused-ring (bicyclic) bond motifs is 1. The van der Waals surface area contributed by atoms with Gasteiger partial charge in [-0.25, -0.2) is 0 Å². The SMILES string of the molecule is CCN1C(=O)C2=CC3=C(C[C@H]2C1=O)C(=O)N(C)C3=O. The number of likely N-dealkylation sites (N-methyl/N-ethyl adjacent to an activating group) is 2. The van der Waals surface area contributed by atoms with Crippen molar-refractivity contribution in [1.29, 1.82) is 0 Å². The summed E-state index contributed by atoms with van der Waals surface area (Å²) in [6.07, 6.45) is 1.57. The zero-order chi connectivity index (χ0) is 13.9.